The Morgan fingerprint density at radius 1 is 0.944 bits per heavy atom. The van der Waals surface area contributed by atoms with Gasteiger partial charge in [-0.25, -0.2) is 0 Å². The first-order chi connectivity index (χ1) is 8.88. The molecule has 0 aromatic carbocycles. The van der Waals surface area contributed by atoms with Gasteiger partial charge < -0.3 is 5.32 Å². The number of nitrogens with one attached hydrogen (secondary N) is 1. The summed E-state index contributed by atoms with van der Waals surface area (Å²) in [7, 11) is 0. The Balaban J connectivity index is 1.68. The van der Waals surface area contributed by atoms with E-state index >= 15 is 0 Å². The highest BCUT2D eigenvalue weighted by Crippen LogP contribution is 2.32. The maximum absolute atomic E-state index is 3.82. The smallest absolute Gasteiger partial charge is 0.00698 e. The highest BCUT2D eigenvalue weighted by Gasteiger charge is 2.21. The predicted octanol–water partition coefficient (Wildman–Crippen LogP) is 4.91. The molecule has 1 heteroatoms. The van der Waals surface area contributed by atoms with Crippen LogP contribution < -0.4 is 5.32 Å². The molecule has 0 radical (unpaired) electrons. The van der Waals surface area contributed by atoms with Crippen molar-refractivity contribution in [1.29, 1.82) is 0 Å². The Bertz CT molecular complexity index is 202. The molecule has 0 bridgehead atoms. The molecule has 2 fully saturated rings. The molecule has 0 saturated heterocycles. The van der Waals surface area contributed by atoms with Crippen molar-refractivity contribution >= 4 is 0 Å². The SMILES string of the molecule is CCCNC(CCC1CCCC1)CC1CCCC1. The minimum absolute atomic E-state index is 0.827. The molecule has 1 unspecified atom stereocenters. The zero-order chi connectivity index (χ0) is 12.6. The van der Waals surface area contributed by atoms with E-state index in [-0.39, 0.29) is 0 Å². The summed E-state index contributed by atoms with van der Waals surface area (Å²) in [6.45, 7) is 3.51. The second-order valence-electron chi connectivity index (χ2n) is 6.77. The van der Waals surface area contributed by atoms with Gasteiger partial charge in [-0.2, -0.15) is 0 Å². The van der Waals surface area contributed by atoms with E-state index in [0.717, 1.165) is 17.9 Å². The van der Waals surface area contributed by atoms with Gasteiger partial charge in [-0.15, -0.1) is 0 Å². The number of hydrogen-bond acceptors (Lipinski definition) is 1. The third kappa shape index (κ3) is 4.91. The zero-order valence-corrected chi connectivity index (χ0v) is 12.4. The largest absolute Gasteiger partial charge is 0.314 e. The van der Waals surface area contributed by atoms with Crippen LogP contribution in [0.4, 0.5) is 0 Å². The van der Waals surface area contributed by atoms with Crippen molar-refractivity contribution in [2.24, 2.45) is 11.8 Å². The van der Waals surface area contributed by atoms with Gasteiger partial charge >= 0.3 is 0 Å². The van der Waals surface area contributed by atoms with Gasteiger partial charge in [-0.1, -0.05) is 58.3 Å². The molecule has 1 atom stereocenters. The third-order valence-electron chi connectivity index (χ3n) is 5.17. The first kappa shape index (κ1) is 14.4. The Labute approximate surface area is 114 Å². The molecule has 2 aliphatic rings. The molecule has 0 amide bonds. The Hall–Kier alpha value is -0.0400. The quantitative estimate of drug-likeness (QED) is 0.646. The van der Waals surface area contributed by atoms with Gasteiger partial charge in [0, 0.05) is 6.04 Å². The maximum atomic E-state index is 3.82. The van der Waals surface area contributed by atoms with E-state index in [9.17, 15) is 0 Å². The molecule has 2 aliphatic carbocycles. The fourth-order valence-electron chi connectivity index (χ4n) is 4.04. The van der Waals surface area contributed by atoms with E-state index in [1.165, 1.54) is 83.6 Å². The molecule has 0 aromatic rings. The molecule has 0 aliphatic heterocycles. The average molecular weight is 251 g/mol. The number of hydrogen-bond donors (Lipinski definition) is 1. The van der Waals surface area contributed by atoms with Crippen molar-refractivity contribution in [2.75, 3.05) is 6.54 Å². The lowest BCUT2D eigenvalue weighted by atomic mass is 9.92. The first-order valence-electron chi connectivity index (χ1n) is 8.62. The summed E-state index contributed by atoms with van der Waals surface area (Å²) in [5.41, 5.74) is 0. The minimum atomic E-state index is 0.827. The van der Waals surface area contributed by atoms with Crippen molar-refractivity contribution in [3.05, 3.63) is 0 Å². The Morgan fingerprint density at radius 2 is 1.56 bits per heavy atom. The zero-order valence-electron chi connectivity index (χ0n) is 12.4. The molecule has 1 nitrogen and oxygen atoms in total. The summed E-state index contributed by atoms with van der Waals surface area (Å²) in [5.74, 6) is 2.11. The van der Waals surface area contributed by atoms with E-state index < -0.39 is 0 Å². The van der Waals surface area contributed by atoms with Crippen LogP contribution in [0.3, 0.4) is 0 Å². The van der Waals surface area contributed by atoms with Crippen LogP contribution in [0.25, 0.3) is 0 Å². The normalized spacial score (nSPS) is 23.8. The summed E-state index contributed by atoms with van der Waals surface area (Å²) >= 11 is 0. The predicted molar refractivity (Wildman–Crippen MR) is 79.8 cm³/mol. The van der Waals surface area contributed by atoms with Crippen molar-refractivity contribution in [3.8, 4) is 0 Å². The van der Waals surface area contributed by atoms with E-state index in [0.29, 0.717) is 0 Å². The molecular formula is C17H33N. The van der Waals surface area contributed by atoms with Crippen LogP contribution in [0.5, 0.6) is 0 Å². The summed E-state index contributed by atoms with van der Waals surface area (Å²) in [6, 6.07) is 0.827. The van der Waals surface area contributed by atoms with E-state index in [1.54, 1.807) is 0 Å². The van der Waals surface area contributed by atoms with Crippen molar-refractivity contribution in [3.63, 3.8) is 0 Å². The molecule has 1 N–H and O–H groups in total. The average Bonchev–Trinajstić information content (AvgIpc) is 3.05. The summed E-state index contributed by atoms with van der Waals surface area (Å²) in [4.78, 5) is 0. The van der Waals surface area contributed by atoms with Gasteiger partial charge in [-0.05, 0) is 44.1 Å². The minimum Gasteiger partial charge on any atom is -0.314 e. The van der Waals surface area contributed by atoms with Gasteiger partial charge in [0.25, 0.3) is 0 Å². The molecule has 0 aromatic heterocycles. The molecule has 0 heterocycles. The fourth-order valence-corrected chi connectivity index (χ4v) is 4.04. The molecule has 2 rings (SSSR count). The van der Waals surface area contributed by atoms with E-state index in [1.807, 2.05) is 0 Å². The van der Waals surface area contributed by atoms with Gasteiger partial charge in [0.2, 0.25) is 0 Å². The van der Waals surface area contributed by atoms with Crippen LogP contribution >= 0.6 is 0 Å². The second-order valence-corrected chi connectivity index (χ2v) is 6.77. The van der Waals surface area contributed by atoms with Crippen LogP contribution in [0.1, 0.15) is 84.0 Å². The molecule has 0 spiro atoms. The lowest BCUT2D eigenvalue weighted by Gasteiger charge is -2.23. The van der Waals surface area contributed by atoms with Crippen molar-refractivity contribution in [1.82, 2.24) is 5.32 Å². The Kier molecular flexibility index (Phi) is 6.54. The van der Waals surface area contributed by atoms with Crippen molar-refractivity contribution in [2.45, 2.75) is 90.0 Å². The van der Waals surface area contributed by atoms with Gasteiger partial charge in [0.05, 0.1) is 0 Å². The monoisotopic (exact) mass is 251 g/mol. The summed E-state index contributed by atoms with van der Waals surface area (Å²) < 4.78 is 0. The van der Waals surface area contributed by atoms with Crippen molar-refractivity contribution < 1.29 is 0 Å². The molecule has 106 valence electrons. The Morgan fingerprint density at radius 3 is 2.17 bits per heavy atom. The first-order valence-corrected chi connectivity index (χ1v) is 8.62. The second kappa shape index (κ2) is 8.19. The fraction of sp³-hybridized carbons (Fsp3) is 1.00. The van der Waals surface area contributed by atoms with Gasteiger partial charge in [-0.3, -0.25) is 0 Å². The summed E-state index contributed by atoms with van der Waals surface area (Å²) in [6.07, 6.45) is 17.7. The topological polar surface area (TPSA) is 12.0 Å². The third-order valence-corrected chi connectivity index (χ3v) is 5.17. The van der Waals surface area contributed by atoms with Crippen LogP contribution in [0, 0.1) is 11.8 Å². The van der Waals surface area contributed by atoms with Crippen LogP contribution in [-0.2, 0) is 0 Å². The van der Waals surface area contributed by atoms with Gasteiger partial charge in [0.15, 0.2) is 0 Å². The standard InChI is InChI=1S/C17H33N/c1-2-13-18-17(14-16-9-5-6-10-16)12-11-15-7-3-4-8-15/h15-18H,2-14H2,1H3. The lowest BCUT2D eigenvalue weighted by molar-refractivity contribution is 0.341. The molecule has 2 saturated carbocycles. The van der Waals surface area contributed by atoms with E-state index in [2.05, 4.69) is 12.2 Å². The number of rotatable bonds is 8. The maximum Gasteiger partial charge on any atom is 0.00698 e. The highest BCUT2D eigenvalue weighted by atomic mass is 14.9. The van der Waals surface area contributed by atoms with Gasteiger partial charge in [0.1, 0.15) is 0 Å². The lowest BCUT2D eigenvalue weighted by Crippen LogP contribution is -2.32. The molecule has 18 heavy (non-hydrogen) atoms. The van der Waals surface area contributed by atoms with E-state index in [4.69, 9.17) is 0 Å². The highest BCUT2D eigenvalue weighted by molar-refractivity contribution is 4.78. The van der Waals surface area contributed by atoms with Crippen LogP contribution in [-0.4, -0.2) is 12.6 Å². The molecular weight excluding hydrogens is 218 g/mol. The summed E-state index contributed by atoms with van der Waals surface area (Å²) in [5, 5.41) is 3.82. The van der Waals surface area contributed by atoms with Crippen LogP contribution in [0.2, 0.25) is 0 Å². The van der Waals surface area contributed by atoms with Crippen LogP contribution in [0.15, 0.2) is 0 Å².